The average Bonchev–Trinajstić information content (AvgIpc) is 2.85. The predicted molar refractivity (Wildman–Crippen MR) is 59.1 cm³/mol. The summed E-state index contributed by atoms with van der Waals surface area (Å²) in [6.07, 6.45) is 3.85. The van der Waals surface area contributed by atoms with Crippen LogP contribution in [0.1, 0.15) is 18.4 Å². The smallest absolute Gasteiger partial charge is 0.0899 e. The normalized spacial score (nSPS) is 18.7. The van der Waals surface area contributed by atoms with Gasteiger partial charge in [-0.3, -0.25) is 0 Å². The van der Waals surface area contributed by atoms with Gasteiger partial charge in [0.25, 0.3) is 0 Å². The number of hydrogen-bond donors (Lipinski definition) is 1. The van der Waals surface area contributed by atoms with Crippen molar-refractivity contribution in [3.8, 4) is 0 Å². The molecule has 0 saturated heterocycles. The molecule has 1 aromatic rings. The summed E-state index contributed by atoms with van der Waals surface area (Å²) in [6.45, 7) is 0. The van der Waals surface area contributed by atoms with E-state index < -0.39 is 5.60 Å². The van der Waals surface area contributed by atoms with Gasteiger partial charge in [-0.05, 0) is 52.7 Å². The third-order valence-electron chi connectivity index (χ3n) is 2.41. The molecule has 1 aliphatic carbocycles. The van der Waals surface area contributed by atoms with E-state index in [1.54, 1.807) is 11.8 Å². The van der Waals surface area contributed by atoms with Crippen LogP contribution >= 0.6 is 27.7 Å². The maximum Gasteiger partial charge on any atom is 0.0899 e. The third kappa shape index (κ3) is 1.78. The summed E-state index contributed by atoms with van der Waals surface area (Å²) in [7, 11) is 0. The number of aliphatic hydroxyl groups is 1. The Kier molecular flexibility index (Phi) is 2.43. The van der Waals surface area contributed by atoms with Gasteiger partial charge in [-0.25, -0.2) is 0 Å². The summed E-state index contributed by atoms with van der Waals surface area (Å²) >= 11 is 5.20. The first-order valence-electron chi connectivity index (χ1n) is 4.22. The molecule has 0 bridgehead atoms. The van der Waals surface area contributed by atoms with Crippen molar-refractivity contribution in [2.75, 3.05) is 6.26 Å². The van der Waals surface area contributed by atoms with Crippen LogP contribution in [0.15, 0.2) is 27.6 Å². The van der Waals surface area contributed by atoms with E-state index in [-0.39, 0.29) is 0 Å². The zero-order chi connectivity index (χ0) is 9.47. The van der Waals surface area contributed by atoms with Crippen molar-refractivity contribution in [3.05, 3.63) is 28.2 Å². The van der Waals surface area contributed by atoms with Gasteiger partial charge < -0.3 is 5.11 Å². The van der Waals surface area contributed by atoms with Crippen molar-refractivity contribution >= 4 is 27.7 Å². The van der Waals surface area contributed by atoms with Crippen LogP contribution < -0.4 is 0 Å². The van der Waals surface area contributed by atoms with Gasteiger partial charge >= 0.3 is 0 Å². The van der Waals surface area contributed by atoms with Crippen LogP contribution in [-0.4, -0.2) is 11.4 Å². The Bertz CT molecular complexity index is 334. The van der Waals surface area contributed by atoms with Crippen LogP contribution in [-0.2, 0) is 5.60 Å². The Labute approximate surface area is 90.7 Å². The molecule has 13 heavy (non-hydrogen) atoms. The SMILES string of the molecule is CSc1ccc(C2(O)CC2)cc1Br. The van der Waals surface area contributed by atoms with E-state index >= 15 is 0 Å². The molecule has 2 rings (SSSR count). The van der Waals surface area contributed by atoms with E-state index in [4.69, 9.17) is 0 Å². The van der Waals surface area contributed by atoms with Gasteiger partial charge in [0, 0.05) is 9.37 Å². The lowest BCUT2D eigenvalue weighted by atomic mass is 10.1. The molecule has 70 valence electrons. The Morgan fingerprint density at radius 3 is 2.62 bits per heavy atom. The Hall–Kier alpha value is 0.01000. The molecule has 1 fully saturated rings. The highest BCUT2D eigenvalue weighted by atomic mass is 79.9. The van der Waals surface area contributed by atoms with Crippen molar-refractivity contribution in [2.45, 2.75) is 23.3 Å². The molecule has 1 N–H and O–H groups in total. The minimum absolute atomic E-state index is 0.514. The van der Waals surface area contributed by atoms with E-state index in [2.05, 4.69) is 22.0 Å². The molecule has 0 heterocycles. The molecular weight excluding hydrogens is 248 g/mol. The topological polar surface area (TPSA) is 20.2 Å². The first-order valence-corrected chi connectivity index (χ1v) is 6.24. The van der Waals surface area contributed by atoms with Crippen LogP contribution in [0.4, 0.5) is 0 Å². The van der Waals surface area contributed by atoms with Crippen LogP contribution in [0.3, 0.4) is 0 Å². The zero-order valence-electron chi connectivity index (χ0n) is 7.38. The second-order valence-corrected chi connectivity index (χ2v) is 5.08. The average molecular weight is 259 g/mol. The van der Waals surface area contributed by atoms with Gasteiger partial charge in [-0.2, -0.15) is 0 Å². The van der Waals surface area contributed by atoms with Gasteiger partial charge in [0.15, 0.2) is 0 Å². The Morgan fingerprint density at radius 2 is 2.15 bits per heavy atom. The minimum atomic E-state index is -0.514. The summed E-state index contributed by atoms with van der Waals surface area (Å²) in [5, 5.41) is 9.86. The number of thioether (sulfide) groups is 1. The lowest BCUT2D eigenvalue weighted by Crippen LogP contribution is -2.03. The first-order chi connectivity index (χ1) is 6.15. The molecule has 3 heteroatoms. The molecule has 0 atom stereocenters. The molecule has 0 aliphatic heterocycles. The quantitative estimate of drug-likeness (QED) is 0.823. The maximum absolute atomic E-state index is 9.86. The zero-order valence-corrected chi connectivity index (χ0v) is 9.78. The molecule has 0 aromatic heterocycles. The van der Waals surface area contributed by atoms with Crippen molar-refractivity contribution < 1.29 is 5.11 Å². The van der Waals surface area contributed by atoms with Crippen molar-refractivity contribution in [2.24, 2.45) is 0 Å². The summed E-state index contributed by atoms with van der Waals surface area (Å²) in [4.78, 5) is 1.22. The lowest BCUT2D eigenvalue weighted by Gasteiger charge is -2.09. The lowest BCUT2D eigenvalue weighted by molar-refractivity contribution is 0.151. The van der Waals surface area contributed by atoms with Gasteiger partial charge in [-0.15, -0.1) is 11.8 Å². The second kappa shape index (κ2) is 3.30. The highest BCUT2D eigenvalue weighted by Gasteiger charge is 2.42. The minimum Gasteiger partial charge on any atom is -0.385 e. The van der Waals surface area contributed by atoms with Crippen molar-refractivity contribution in [1.82, 2.24) is 0 Å². The molecule has 1 aliphatic rings. The molecular formula is C10H11BrOS. The maximum atomic E-state index is 9.86. The molecule has 1 nitrogen and oxygen atoms in total. The van der Waals surface area contributed by atoms with E-state index in [0.29, 0.717) is 0 Å². The fourth-order valence-corrected chi connectivity index (χ4v) is 2.69. The largest absolute Gasteiger partial charge is 0.385 e. The van der Waals surface area contributed by atoms with Crippen molar-refractivity contribution in [3.63, 3.8) is 0 Å². The molecule has 0 unspecified atom stereocenters. The highest BCUT2D eigenvalue weighted by molar-refractivity contribution is 9.10. The second-order valence-electron chi connectivity index (χ2n) is 3.38. The number of halogens is 1. The number of rotatable bonds is 2. The fourth-order valence-electron chi connectivity index (χ4n) is 1.36. The molecule has 1 saturated carbocycles. The number of hydrogen-bond acceptors (Lipinski definition) is 2. The molecule has 0 spiro atoms. The number of benzene rings is 1. The molecule has 1 aromatic carbocycles. The standard InChI is InChI=1S/C10H11BrOS/c1-13-9-3-2-7(6-8(9)11)10(12)4-5-10/h2-3,6,12H,4-5H2,1H3. The van der Waals surface area contributed by atoms with Crippen LogP contribution in [0.2, 0.25) is 0 Å². The summed E-state index contributed by atoms with van der Waals surface area (Å²) in [6, 6.07) is 6.10. The summed E-state index contributed by atoms with van der Waals surface area (Å²) in [5.74, 6) is 0. The van der Waals surface area contributed by atoms with Gasteiger partial charge in [0.05, 0.1) is 5.60 Å². The third-order valence-corrected chi connectivity index (χ3v) is 4.13. The fraction of sp³-hybridized carbons (Fsp3) is 0.400. The Balaban J connectivity index is 2.36. The van der Waals surface area contributed by atoms with E-state index in [0.717, 1.165) is 22.9 Å². The van der Waals surface area contributed by atoms with Gasteiger partial charge in [-0.1, -0.05) is 6.07 Å². The van der Waals surface area contributed by atoms with E-state index in [1.165, 1.54) is 4.90 Å². The monoisotopic (exact) mass is 258 g/mol. The van der Waals surface area contributed by atoms with Crippen LogP contribution in [0.5, 0.6) is 0 Å². The van der Waals surface area contributed by atoms with E-state index in [1.807, 2.05) is 18.4 Å². The first kappa shape index (κ1) is 9.56. The van der Waals surface area contributed by atoms with Gasteiger partial charge in [0.1, 0.15) is 0 Å². The van der Waals surface area contributed by atoms with Crippen molar-refractivity contribution in [1.29, 1.82) is 0 Å². The van der Waals surface area contributed by atoms with Crippen LogP contribution in [0.25, 0.3) is 0 Å². The van der Waals surface area contributed by atoms with E-state index in [9.17, 15) is 5.11 Å². The highest BCUT2D eigenvalue weighted by Crippen LogP contribution is 2.46. The summed E-state index contributed by atoms with van der Waals surface area (Å²) < 4.78 is 1.08. The molecule has 0 amide bonds. The summed E-state index contributed by atoms with van der Waals surface area (Å²) in [5.41, 5.74) is 0.525. The molecule has 0 radical (unpaired) electrons. The van der Waals surface area contributed by atoms with Gasteiger partial charge in [0.2, 0.25) is 0 Å². The Morgan fingerprint density at radius 1 is 1.46 bits per heavy atom. The predicted octanol–water partition coefficient (Wildman–Crippen LogP) is 3.15. The van der Waals surface area contributed by atoms with Crippen LogP contribution in [0, 0.1) is 0 Å².